The Balaban J connectivity index is 1.66. The minimum atomic E-state index is -1.52. The molecule has 8 N–H and O–H groups in total. The summed E-state index contributed by atoms with van der Waals surface area (Å²) in [6.45, 7) is 0.637. The Hall–Kier alpha value is -3.69. The van der Waals surface area contributed by atoms with Crippen LogP contribution in [0, 0.1) is 0 Å². The lowest BCUT2D eigenvalue weighted by Crippen LogP contribution is -2.54. The number of nitrogens with one attached hydrogen (secondary N) is 2. The van der Waals surface area contributed by atoms with Gasteiger partial charge in [0.25, 0.3) is 11.8 Å². The summed E-state index contributed by atoms with van der Waals surface area (Å²) in [7, 11) is -1.52. The molecule has 0 aliphatic carbocycles. The lowest BCUT2D eigenvalue weighted by Gasteiger charge is -2.28. The fraction of sp³-hybridized carbons (Fsp3) is 0.381. The highest BCUT2D eigenvalue weighted by atomic mass is 32.1. The van der Waals surface area contributed by atoms with Crippen molar-refractivity contribution in [3.63, 3.8) is 0 Å². The molecule has 1 aromatic heterocycles. The third kappa shape index (κ3) is 7.16. The van der Waals surface area contributed by atoms with Gasteiger partial charge in [0.05, 0.1) is 11.5 Å². The Kier molecular flexibility index (Phi) is 9.61. The summed E-state index contributed by atoms with van der Waals surface area (Å²) in [5, 5.41) is 30.5. The Bertz CT molecular complexity index is 1130. The fourth-order valence-electron chi connectivity index (χ4n) is 3.43. The topological polar surface area (TPSA) is 211 Å². The first-order valence-corrected chi connectivity index (χ1v) is 12.1. The van der Waals surface area contributed by atoms with Crippen molar-refractivity contribution in [2.24, 2.45) is 10.9 Å². The number of hydrogen-bond acceptors (Lipinski definition) is 11. The third-order valence-electron chi connectivity index (χ3n) is 5.20. The highest BCUT2D eigenvalue weighted by Gasteiger charge is 2.38. The maximum Gasteiger partial charge on any atom is 0.547 e. The second-order valence-electron chi connectivity index (χ2n) is 7.88. The number of carbonyl (C=O) groups excluding carboxylic acids is 2. The third-order valence-corrected chi connectivity index (χ3v) is 5.87. The van der Waals surface area contributed by atoms with E-state index in [1.54, 1.807) is 12.1 Å². The second kappa shape index (κ2) is 12.9. The number of benzene rings is 1. The summed E-state index contributed by atoms with van der Waals surface area (Å²) in [5.74, 6) is -3.25. The van der Waals surface area contributed by atoms with E-state index in [0.29, 0.717) is 18.7 Å². The van der Waals surface area contributed by atoms with E-state index < -0.39 is 37.5 Å². The van der Waals surface area contributed by atoms with Crippen molar-refractivity contribution in [3.8, 4) is 5.75 Å². The van der Waals surface area contributed by atoms with Gasteiger partial charge in [0.1, 0.15) is 11.4 Å². The largest absolute Gasteiger partial charge is 0.547 e. The molecule has 0 spiro atoms. The van der Waals surface area contributed by atoms with E-state index in [-0.39, 0.29) is 34.3 Å². The molecule has 0 fully saturated rings. The number of unbranched alkanes of at least 4 members (excludes halogenated alkanes) is 2. The van der Waals surface area contributed by atoms with Crippen molar-refractivity contribution in [2.75, 3.05) is 25.4 Å². The van der Waals surface area contributed by atoms with Gasteiger partial charge >= 0.3 is 13.1 Å². The quantitative estimate of drug-likeness (QED) is 0.0920. The molecular formula is C21H27BN6O7S. The second-order valence-corrected chi connectivity index (χ2v) is 8.76. The number of carboxylic acids is 1. The van der Waals surface area contributed by atoms with Crippen LogP contribution in [0.3, 0.4) is 0 Å². The van der Waals surface area contributed by atoms with Crippen LogP contribution in [0.4, 0.5) is 5.13 Å². The number of thiazole rings is 1. The summed E-state index contributed by atoms with van der Waals surface area (Å²) >= 11 is 1.08. The number of fused-ring (bicyclic) bond motifs is 1. The maximum atomic E-state index is 13.0. The summed E-state index contributed by atoms with van der Waals surface area (Å²) in [6, 6.07) is 4.54. The molecule has 2 heterocycles. The molecule has 1 unspecified atom stereocenters. The number of anilines is 1. The van der Waals surface area contributed by atoms with Crippen LogP contribution in [0.1, 0.15) is 40.9 Å². The summed E-state index contributed by atoms with van der Waals surface area (Å²) in [6.07, 6.45) is 2.65. The van der Waals surface area contributed by atoms with Crippen molar-refractivity contribution in [2.45, 2.75) is 31.6 Å². The summed E-state index contributed by atoms with van der Waals surface area (Å²) < 4.78 is 5.40. The number of carbonyl (C=O) groups is 3. The SMILES string of the molecule is NCCCCCNC(=O)CON=C(C(=O)NC1Cc2cccc(C(=O)O)c2OB1O)c1csc(N)n1. The Labute approximate surface area is 211 Å². The van der Waals surface area contributed by atoms with Gasteiger partial charge in [-0.3, -0.25) is 9.59 Å². The fourth-order valence-corrected chi connectivity index (χ4v) is 3.98. The molecule has 0 radical (unpaired) electrons. The van der Waals surface area contributed by atoms with Crippen LogP contribution in [-0.4, -0.2) is 71.4 Å². The number of nitrogens with two attached hydrogens (primary N) is 2. The molecule has 0 saturated heterocycles. The molecule has 15 heteroatoms. The predicted octanol–water partition coefficient (Wildman–Crippen LogP) is -0.471. The van der Waals surface area contributed by atoms with Gasteiger partial charge in [0.15, 0.2) is 17.5 Å². The lowest BCUT2D eigenvalue weighted by atomic mass is 9.72. The molecule has 2 aromatic rings. The minimum absolute atomic E-state index is 0.0431. The first kappa shape index (κ1) is 26.9. The average Bonchev–Trinajstić information content (AvgIpc) is 3.27. The number of oxime groups is 1. The number of hydrogen-bond donors (Lipinski definition) is 6. The first-order valence-electron chi connectivity index (χ1n) is 11.2. The number of aromatic carboxylic acids is 1. The molecule has 192 valence electrons. The van der Waals surface area contributed by atoms with Gasteiger partial charge < -0.3 is 41.7 Å². The summed E-state index contributed by atoms with van der Waals surface area (Å²) in [5.41, 5.74) is 11.4. The number of para-hydroxylation sites is 1. The van der Waals surface area contributed by atoms with Crippen LogP contribution >= 0.6 is 11.3 Å². The lowest BCUT2D eigenvalue weighted by molar-refractivity contribution is -0.126. The Morgan fingerprint density at radius 1 is 1.31 bits per heavy atom. The van der Waals surface area contributed by atoms with E-state index in [0.717, 1.165) is 30.6 Å². The first-order chi connectivity index (χ1) is 17.3. The zero-order valence-electron chi connectivity index (χ0n) is 19.3. The standard InChI is InChI=1S/C21H27BN6O7S/c23-7-2-1-3-8-25-16(29)10-34-28-17(14-11-36-21(24)26-14)19(30)27-15-9-12-5-4-6-13(20(31)32)18(12)35-22(15)33/h4-6,11,15,33H,1-3,7-10,23H2,(H2,24,26)(H,25,29)(H,27,30)(H,31,32). The molecule has 13 nitrogen and oxygen atoms in total. The number of aromatic nitrogens is 1. The minimum Gasteiger partial charge on any atom is -0.534 e. The van der Waals surface area contributed by atoms with Crippen molar-refractivity contribution in [1.29, 1.82) is 0 Å². The molecule has 1 aliphatic heterocycles. The van der Waals surface area contributed by atoms with Gasteiger partial charge in [-0.1, -0.05) is 23.7 Å². The van der Waals surface area contributed by atoms with Crippen LogP contribution in [0.25, 0.3) is 0 Å². The number of nitrogens with zero attached hydrogens (tertiary/aromatic N) is 2. The molecule has 1 aromatic carbocycles. The zero-order chi connectivity index (χ0) is 26.1. The van der Waals surface area contributed by atoms with E-state index in [4.69, 9.17) is 21.0 Å². The van der Waals surface area contributed by atoms with Gasteiger partial charge in [0.2, 0.25) is 0 Å². The van der Waals surface area contributed by atoms with Crippen LogP contribution in [-0.2, 0) is 20.8 Å². The molecular weight excluding hydrogens is 491 g/mol. The van der Waals surface area contributed by atoms with Crippen LogP contribution in [0.15, 0.2) is 28.7 Å². The van der Waals surface area contributed by atoms with Crippen LogP contribution in [0.2, 0.25) is 0 Å². The average molecular weight is 518 g/mol. The molecule has 2 amide bonds. The van der Waals surface area contributed by atoms with Crippen molar-refractivity contribution in [3.05, 3.63) is 40.4 Å². The molecule has 0 bridgehead atoms. The molecule has 36 heavy (non-hydrogen) atoms. The van der Waals surface area contributed by atoms with E-state index in [9.17, 15) is 24.5 Å². The van der Waals surface area contributed by atoms with Gasteiger partial charge in [-0.25, -0.2) is 9.78 Å². The number of amides is 2. The van der Waals surface area contributed by atoms with Gasteiger partial charge in [0, 0.05) is 11.9 Å². The molecule has 1 atom stereocenters. The molecule has 3 rings (SSSR count). The molecule has 1 aliphatic rings. The van der Waals surface area contributed by atoms with Crippen molar-refractivity contribution < 1.29 is 34.0 Å². The van der Waals surface area contributed by atoms with Crippen molar-refractivity contribution in [1.82, 2.24) is 15.6 Å². The Morgan fingerprint density at radius 2 is 2.11 bits per heavy atom. The number of rotatable bonds is 12. The smallest absolute Gasteiger partial charge is 0.534 e. The van der Waals surface area contributed by atoms with Crippen LogP contribution < -0.4 is 26.8 Å². The number of carboxylic acid groups (broad SMARTS) is 1. The van der Waals surface area contributed by atoms with E-state index in [2.05, 4.69) is 20.8 Å². The Morgan fingerprint density at radius 3 is 2.81 bits per heavy atom. The van der Waals surface area contributed by atoms with Gasteiger partial charge in [-0.05, 0) is 37.4 Å². The maximum absolute atomic E-state index is 13.0. The number of nitrogen functional groups attached to an aromatic ring is 1. The summed E-state index contributed by atoms with van der Waals surface area (Å²) in [4.78, 5) is 45.6. The van der Waals surface area contributed by atoms with Crippen LogP contribution in [0.5, 0.6) is 5.75 Å². The van der Waals surface area contributed by atoms with Crippen molar-refractivity contribution >= 4 is 47.1 Å². The molecule has 0 saturated carbocycles. The van der Waals surface area contributed by atoms with Gasteiger partial charge in [-0.15, -0.1) is 11.3 Å². The van der Waals surface area contributed by atoms with E-state index >= 15 is 0 Å². The predicted molar refractivity (Wildman–Crippen MR) is 133 cm³/mol. The highest BCUT2D eigenvalue weighted by molar-refractivity contribution is 7.13. The zero-order valence-corrected chi connectivity index (χ0v) is 20.1. The van der Waals surface area contributed by atoms with Gasteiger partial charge in [-0.2, -0.15) is 0 Å². The monoisotopic (exact) mass is 518 g/mol. The van der Waals surface area contributed by atoms with E-state index in [1.807, 2.05) is 0 Å². The highest BCUT2D eigenvalue weighted by Crippen LogP contribution is 2.30. The normalized spacial score (nSPS) is 15.0. The van der Waals surface area contributed by atoms with E-state index in [1.165, 1.54) is 11.4 Å².